The molecule has 5 nitrogen and oxygen atoms in total. The molecule has 30 heavy (non-hydrogen) atoms. The predicted molar refractivity (Wildman–Crippen MR) is 122 cm³/mol. The van der Waals surface area contributed by atoms with Crippen molar-refractivity contribution in [2.75, 3.05) is 12.3 Å². The van der Waals surface area contributed by atoms with Gasteiger partial charge >= 0.3 is 0 Å². The van der Waals surface area contributed by atoms with Gasteiger partial charge in [-0.05, 0) is 54.5 Å². The number of benzene rings is 2. The fourth-order valence-electron chi connectivity index (χ4n) is 5.21. The highest BCUT2D eigenvalue weighted by atomic mass is 32.2. The van der Waals surface area contributed by atoms with Crippen molar-refractivity contribution >= 4 is 39.3 Å². The van der Waals surface area contributed by atoms with Gasteiger partial charge in [-0.1, -0.05) is 48.9 Å². The second-order valence-corrected chi connectivity index (χ2v) is 9.55. The molecule has 2 heterocycles. The Morgan fingerprint density at radius 3 is 2.67 bits per heavy atom. The van der Waals surface area contributed by atoms with Crippen molar-refractivity contribution in [3.63, 3.8) is 0 Å². The fraction of sp³-hybridized carbons (Fsp3) is 0.458. The van der Waals surface area contributed by atoms with Crippen LogP contribution in [-0.4, -0.2) is 38.7 Å². The number of rotatable bonds is 3. The number of carbonyl (C=O) groups excluding carboxylic acids is 1. The molecule has 5 rings (SSSR count). The van der Waals surface area contributed by atoms with Gasteiger partial charge in [0.1, 0.15) is 0 Å². The summed E-state index contributed by atoms with van der Waals surface area (Å²) in [5.41, 5.74) is 0.628. The van der Waals surface area contributed by atoms with Crippen LogP contribution in [-0.2, 0) is 11.8 Å². The molecule has 1 aliphatic carbocycles. The van der Waals surface area contributed by atoms with E-state index in [9.17, 15) is 9.59 Å². The van der Waals surface area contributed by atoms with Gasteiger partial charge in [0.05, 0.1) is 16.7 Å². The zero-order valence-corrected chi connectivity index (χ0v) is 18.2. The number of hydrogen-bond acceptors (Lipinski definition) is 4. The van der Waals surface area contributed by atoms with Crippen molar-refractivity contribution in [2.45, 2.75) is 49.7 Å². The second-order valence-electron chi connectivity index (χ2n) is 8.60. The number of aromatic nitrogens is 2. The van der Waals surface area contributed by atoms with E-state index >= 15 is 0 Å². The molecule has 0 radical (unpaired) electrons. The van der Waals surface area contributed by atoms with Crippen LogP contribution in [0.1, 0.15) is 38.5 Å². The van der Waals surface area contributed by atoms with Crippen LogP contribution in [0.4, 0.5) is 0 Å². The van der Waals surface area contributed by atoms with E-state index in [-0.39, 0.29) is 11.5 Å². The van der Waals surface area contributed by atoms with E-state index in [1.54, 1.807) is 11.6 Å². The molecule has 1 saturated carbocycles. The first kappa shape index (κ1) is 19.6. The van der Waals surface area contributed by atoms with E-state index in [1.165, 1.54) is 37.4 Å². The lowest BCUT2D eigenvalue weighted by Crippen LogP contribution is -2.50. The molecule has 156 valence electrons. The molecule has 0 N–H and O–H groups in total. The lowest BCUT2D eigenvalue weighted by atomic mass is 9.78. The Balaban J connectivity index is 1.39. The van der Waals surface area contributed by atoms with E-state index < -0.39 is 0 Å². The molecular weight excluding hydrogens is 394 g/mol. The minimum atomic E-state index is -0.0639. The Hall–Kier alpha value is -2.34. The van der Waals surface area contributed by atoms with Crippen LogP contribution in [0, 0.1) is 5.92 Å². The summed E-state index contributed by atoms with van der Waals surface area (Å²) in [5, 5.41) is 3.32. The third-order valence-electron chi connectivity index (χ3n) is 6.79. The van der Waals surface area contributed by atoms with Crippen molar-refractivity contribution in [2.24, 2.45) is 13.0 Å². The zero-order chi connectivity index (χ0) is 20.7. The van der Waals surface area contributed by atoms with E-state index in [1.807, 2.05) is 36.4 Å². The molecule has 3 aromatic rings. The van der Waals surface area contributed by atoms with Crippen LogP contribution in [0.3, 0.4) is 0 Å². The average molecular weight is 422 g/mol. The third kappa shape index (κ3) is 3.51. The molecule has 1 saturated heterocycles. The Kier molecular flexibility index (Phi) is 5.27. The largest absolute Gasteiger partial charge is 0.339 e. The number of likely N-dealkylation sites (tertiary alicyclic amines) is 1. The first-order valence-corrected chi connectivity index (χ1v) is 11.9. The normalized spacial score (nSPS) is 21.7. The molecule has 2 aromatic carbocycles. The maximum Gasteiger partial charge on any atom is 0.261 e. The lowest BCUT2D eigenvalue weighted by molar-refractivity contribution is -0.134. The van der Waals surface area contributed by atoms with Gasteiger partial charge in [-0.25, -0.2) is 4.98 Å². The van der Waals surface area contributed by atoms with Crippen LogP contribution >= 0.6 is 11.8 Å². The first-order chi connectivity index (χ1) is 14.6. The maximum atomic E-state index is 13.1. The summed E-state index contributed by atoms with van der Waals surface area (Å²) < 4.78 is 1.58. The van der Waals surface area contributed by atoms with Gasteiger partial charge in [-0.2, -0.15) is 0 Å². The number of fused-ring (bicyclic) bond motifs is 3. The summed E-state index contributed by atoms with van der Waals surface area (Å²) in [6, 6.07) is 12.3. The minimum absolute atomic E-state index is 0.0639. The molecule has 1 amide bonds. The highest BCUT2D eigenvalue weighted by molar-refractivity contribution is 7.99. The summed E-state index contributed by atoms with van der Waals surface area (Å²) in [4.78, 5) is 32.8. The van der Waals surface area contributed by atoms with E-state index in [4.69, 9.17) is 4.98 Å². The van der Waals surface area contributed by atoms with Gasteiger partial charge in [0, 0.05) is 19.6 Å². The smallest absolute Gasteiger partial charge is 0.261 e. The van der Waals surface area contributed by atoms with Gasteiger partial charge in [-0.15, -0.1) is 0 Å². The molecule has 0 spiro atoms. The topological polar surface area (TPSA) is 55.2 Å². The van der Waals surface area contributed by atoms with Crippen molar-refractivity contribution < 1.29 is 4.79 Å². The van der Waals surface area contributed by atoms with Crippen LogP contribution in [0.25, 0.3) is 21.7 Å². The van der Waals surface area contributed by atoms with Gasteiger partial charge in [0.15, 0.2) is 5.16 Å². The Labute approximate surface area is 180 Å². The van der Waals surface area contributed by atoms with E-state index in [0.29, 0.717) is 33.8 Å². The number of piperidine rings is 1. The van der Waals surface area contributed by atoms with E-state index in [2.05, 4.69) is 4.90 Å². The van der Waals surface area contributed by atoms with Gasteiger partial charge in [0.2, 0.25) is 5.91 Å². The summed E-state index contributed by atoms with van der Waals surface area (Å²) >= 11 is 1.38. The summed E-state index contributed by atoms with van der Waals surface area (Å²) in [6.45, 7) is 0.872. The molecule has 2 atom stereocenters. The van der Waals surface area contributed by atoms with Crippen LogP contribution in [0.15, 0.2) is 46.3 Å². The average Bonchev–Trinajstić information content (AvgIpc) is 2.79. The Morgan fingerprint density at radius 2 is 1.83 bits per heavy atom. The Morgan fingerprint density at radius 1 is 1.10 bits per heavy atom. The molecule has 1 aromatic heterocycles. The quantitative estimate of drug-likeness (QED) is 0.358. The van der Waals surface area contributed by atoms with Crippen LogP contribution in [0.5, 0.6) is 0 Å². The number of nitrogens with zero attached hydrogens (tertiary/aromatic N) is 3. The van der Waals surface area contributed by atoms with Crippen molar-refractivity contribution in [3.8, 4) is 0 Å². The Bertz CT molecular complexity index is 1170. The van der Waals surface area contributed by atoms with Gasteiger partial charge in [0.25, 0.3) is 5.56 Å². The molecule has 1 aliphatic heterocycles. The molecule has 6 heteroatoms. The third-order valence-corrected chi connectivity index (χ3v) is 7.81. The second kappa shape index (κ2) is 8.06. The zero-order valence-electron chi connectivity index (χ0n) is 17.3. The maximum absolute atomic E-state index is 13.1. The molecular formula is C24H27N3O2S. The highest BCUT2D eigenvalue weighted by Crippen LogP contribution is 2.35. The monoisotopic (exact) mass is 421 g/mol. The first-order valence-electron chi connectivity index (χ1n) is 10.9. The van der Waals surface area contributed by atoms with Crippen molar-refractivity contribution in [1.29, 1.82) is 0 Å². The molecule has 0 unspecified atom stereocenters. The van der Waals surface area contributed by atoms with E-state index in [0.717, 1.165) is 30.2 Å². The van der Waals surface area contributed by atoms with Crippen LogP contribution < -0.4 is 5.56 Å². The summed E-state index contributed by atoms with van der Waals surface area (Å²) in [6.07, 6.45) is 7.30. The fourth-order valence-corrected chi connectivity index (χ4v) is 6.07. The molecule has 2 fully saturated rings. The number of carbonyl (C=O) groups is 1. The lowest BCUT2D eigenvalue weighted by Gasteiger charge is -2.44. The van der Waals surface area contributed by atoms with Crippen molar-refractivity contribution in [1.82, 2.24) is 14.5 Å². The standard InChI is InChI=1S/C24H27N3O2S/c1-26-23(29)19-13-17-8-2-3-9-18(17)14-20(19)25-24(26)30-15-22(28)27-12-6-10-16-7-4-5-11-21(16)27/h2-3,8-9,13-14,16,21H,4-7,10-12,15H2,1H3/t16-,21+/m0/s1. The van der Waals surface area contributed by atoms with Crippen molar-refractivity contribution in [3.05, 3.63) is 46.8 Å². The predicted octanol–water partition coefficient (Wildman–Crippen LogP) is 4.36. The minimum Gasteiger partial charge on any atom is -0.339 e. The van der Waals surface area contributed by atoms with Crippen LogP contribution in [0.2, 0.25) is 0 Å². The highest BCUT2D eigenvalue weighted by Gasteiger charge is 2.35. The van der Waals surface area contributed by atoms with Gasteiger partial charge in [-0.3, -0.25) is 14.2 Å². The summed E-state index contributed by atoms with van der Waals surface area (Å²) in [7, 11) is 1.74. The number of thioether (sulfide) groups is 1. The SMILES string of the molecule is Cn1c(SCC(=O)N2CCC[C@@H]3CCCC[C@H]32)nc2cc3ccccc3cc2c1=O. The van der Waals surface area contributed by atoms with Gasteiger partial charge < -0.3 is 4.90 Å². The molecule has 2 aliphatic rings. The number of amides is 1. The number of hydrogen-bond donors (Lipinski definition) is 0. The molecule has 0 bridgehead atoms. The summed E-state index contributed by atoms with van der Waals surface area (Å²) in [5.74, 6) is 1.20.